The molecule has 0 fully saturated rings. The number of amides is 2. The number of fused-ring (bicyclic) bond motifs is 1. The van der Waals surface area contributed by atoms with Crippen molar-refractivity contribution in [3.05, 3.63) is 59.7 Å². The Morgan fingerprint density at radius 1 is 1.12 bits per heavy atom. The quantitative estimate of drug-likeness (QED) is 0.881. The number of sulfone groups is 1. The van der Waals surface area contributed by atoms with Crippen molar-refractivity contribution in [2.24, 2.45) is 0 Å². The molecule has 6 heteroatoms. The van der Waals surface area contributed by atoms with Gasteiger partial charge < -0.3 is 10.2 Å². The number of nitrogens with one attached hydrogen (secondary N) is 1. The van der Waals surface area contributed by atoms with E-state index < -0.39 is 15.1 Å². The van der Waals surface area contributed by atoms with E-state index in [4.69, 9.17) is 0 Å². The van der Waals surface area contributed by atoms with E-state index in [9.17, 15) is 13.2 Å². The summed E-state index contributed by atoms with van der Waals surface area (Å²) in [7, 11) is -1.73. The van der Waals surface area contributed by atoms with E-state index in [1.165, 1.54) is 11.6 Å². The van der Waals surface area contributed by atoms with Crippen LogP contribution < -0.4 is 5.32 Å². The summed E-state index contributed by atoms with van der Waals surface area (Å²) >= 11 is 0. The second-order valence-electron chi connectivity index (χ2n) is 6.88. The number of nitrogens with zero attached hydrogens (tertiary/aromatic N) is 1. The number of hydrogen-bond acceptors (Lipinski definition) is 3. The van der Waals surface area contributed by atoms with Gasteiger partial charge in [-0.3, -0.25) is 0 Å². The molecule has 0 heterocycles. The SMILES string of the molecule is CC(C)S(=O)(=O)c1ccccc1NC(=O)N(C)[C@H]1CCc2ccccc21. The van der Waals surface area contributed by atoms with Crippen LogP contribution in [0, 0.1) is 0 Å². The van der Waals surface area contributed by atoms with E-state index in [1.807, 2.05) is 18.2 Å². The van der Waals surface area contributed by atoms with Crippen LogP contribution in [0.15, 0.2) is 53.4 Å². The Balaban J connectivity index is 1.84. The Morgan fingerprint density at radius 3 is 2.50 bits per heavy atom. The summed E-state index contributed by atoms with van der Waals surface area (Å²) in [6.07, 6.45) is 1.81. The fourth-order valence-electron chi connectivity index (χ4n) is 3.35. The lowest BCUT2D eigenvalue weighted by atomic mass is 10.1. The minimum Gasteiger partial charge on any atom is -0.321 e. The summed E-state index contributed by atoms with van der Waals surface area (Å²) in [6, 6.07) is 14.4. The number of aryl methyl sites for hydroxylation is 1. The van der Waals surface area contributed by atoms with Gasteiger partial charge in [-0.2, -0.15) is 0 Å². The average Bonchev–Trinajstić information content (AvgIpc) is 3.05. The Bertz CT molecular complexity index is 922. The van der Waals surface area contributed by atoms with E-state index in [0.29, 0.717) is 5.69 Å². The van der Waals surface area contributed by atoms with Crippen molar-refractivity contribution < 1.29 is 13.2 Å². The van der Waals surface area contributed by atoms with Gasteiger partial charge in [-0.1, -0.05) is 36.4 Å². The smallest absolute Gasteiger partial charge is 0.321 e. The first-order valence-electron chi connectivity index (χ1n) is 8.77. The zero-order chi connectivity index (χ0) is 18.9. The van der Waals surface area contributed by atoms with Crippen molar-refractivity contribution in [2.45, 2.75) is 42.9 Å². The van der Waals surface area contributed by atoms with E-state index in [1.54, 1.807) is 44.0 Å². The van der Waals surface area contributed by atoms with Crippen molar-refractivity contribution in [1.82, 2.24) is 4.90 Å². The molecule has 26 heavy (non-hydrogen) atoms. The van der Waals surface area contributed by atoms with E-state index in [2.05, 4.69) is 11.4 Å². The Kier molecular flexibility index (Phi) is 5.05. The third kappa shape index (κ3) is 3.33. The molecule has 3 rings (SSSR count). The van der Waals surface area contributed by atoms with Gasteiger partial charge in [0.15, 0.2) is 9.84 Å². The predicted octanol–water partition coefficient (Wildman–Crippen LogP) is 4.02. The molecule has 0 aliphatic heterocycles. The van der Waals surface area contributed by atoms with E-state index >= 15 is 0 Å². The van der Waals surface area contributed by atoms with Crippen molar-refractivity contribution in [3.63, 3.8) is 0 Å². The molecular formula is C20H24N2O3S. The number of benzene rings is 2. The first-order chi connectivity index (χ1) is 12.3. The fraction of sp³-hybridized carbons (Fsp3) is 0.350. The molecule has 0 radical (unpaired) electrons. The van der Waals surface area contributed by atoms with E-state index in [0.717, 1.165) is 18.4 Å². The number of anilines is 1. The molecule has 0 spiro atoms. The number of rotatable bonds is 4. The molecule has 138 valence electrons. The van der Waals surface area contributed by atoms with Gasteiger partial charge in [0.1, 0.15) is 0 Å². The van der Waals surface area contributed by atoms with Crippen LogP contribution >= 0.6 is 0 Å². The topological polar surface area (TPSA) is 66.5 Å². The fourth-order valence-corrected chi connectivity index (χ4v) is 4.56. The number of urea groups is 1. The van der Waals surface area contributed by atoms with Gasteiger partial charge in [0.25, 0.3) is 0 Å². The lowest BCUT2D eigenvalue weighted by molar-refractivity contribution is 0.204. The molecule has 0 saturated carbocycles. The van der Waals surface area contributed by atoms with Gasteiger partial charge in [0.05, 0.1) is 21.9 Å². The summed E-state index contributed by atoms with van der Waals surface area (Å²) in [5, 5.41) is 2.23. The molecule has 0 unspecified atom stereocenters. The Hall–Kier alpha value is -2.34. The lowest BCUT2D eigenvalue weighted by Crippen LogP contribution is -2.34. The molecule has 2 aromatic carbocycles. The molecular weight excluding hydrogens is 348 g/mol. The van der Waals surface area contributed by atoms with Crippen molar-refractivity contribution in [1.29, 1.82) is 0 Å². The first-order valence-corrected chi connectivity index (χ1v) is 10.3. The van der Waals surface area contributed by atoms with Crippen LogP contribution in [-0.2, 0) is 16.3 Å². The highest BCUT2D eigenvalue weighted by Gasteiger charge is 2.29. The standard InChI is InChI=1S/C20H24N2O3S/c1-14(2)26(24,25)19-11-7-6-10-17(19)21-20(23)22(3)18-13-12-15-8-4-5-9-16(15)18/h4-11,14,18H,12-13H2,1-3H3,(H,21,23)/t18-/m0/s1. The van der Waals surface area contributed by atoms with Gasteiger partial charge in [0.2, 0.25) is 0 Å². The zero-order valence-electron chi connectivity index (χ0n) is 15.3. The average molecular weight is 372 g/mol. The predicted molar refractivity (Wildman–Crippen MR) is 103 cm³/mol. The molecule has 1 atom stereocenters. The molecule has 0 saturated heterocycles. The number of carbonyl (C=O) groups is 1. The normalized spacial score (nSPS) is 16.4. The summed E-state index contributed by atoms with van der Waals surface area (Å²) in [5.41, 5.74) is 2.75. The molecule has 2 aromatic rings. The maximum Gasteiger partial charge on any atom is 0.322 e. The molecule has 1 aliphatic carbocycles. The third-order valence-electron chi connectivity index (χ3n) is 4.94. The molecule has 0 aromatic heterocycles. The summed E-state index contributed by atoms with van der Waals surface area (Å²) in [5.74, 6) is 0. The molecule has 1 N–H and O–H groups in total. The molecule has 5 nitrogen and oxygen atoms in total. The highest BCUT2D eigenvalue weighted by Crippen LogP contribution is 2.35. The van der Waals surface area contributed by atoms with Gasteiger partial charge in [-0.15, -0.1) is 0 Å². The molecule has 0 bridgehead atoms. The summed E-state index contributed by atoms with van der Waals surface area (Å²) < 4.78 is 25.1. The first kappa shape index (κ1) is 18.5. The molecule has 1 aliphatic rings. The highest BCUT2D eigenvalue weighted by atomic mass is 32.2. The van der Waals surface area contributed by atoms with E-state index in [-0.39, 0.29) is 17.0 Å². The maximum absolute atomic E-state index is 12.8. The van der Waals surface area contributed by atoms with Crippen LogP contribution in [0.3, 0.4) is 0 Å². The van der Waals surface area contributed by atoms with Crippen molar-refractivity contribution >= 4 is 21.6 Å². The minimum absolute atomic E-state index is 0.0000631. The number of carbonyl (C=O) groups excluding carboxylic acids is 1. The van der Waals surface area contributed by atoms with Crippen LogP contribution in [0.2, 0.25) is 0 Å². The van der Waals surface area contributed by atoms with Crippen LogP contribution in [0.25, 0.3) is 0 Å². The summed E-state index contributed by atoms with van der Waals surface area (Å²) in [4.78, 5) is 14.6. The van der Waals surface area contributed by atoms with Crippen LogP contribution in [0.4, 0.5) is 10.5 Å². The highest BCUT2D eigenvalue weighted by molar-refractivity contribution is 7.92. The Morgan fingerprint density at radius 2 is 1.77 bits per heavy atom. The third-order valence-corrected chi connectivity index (χ3v) is 7.16. The number of para-hydroxylation sites is 1. The van der Waals surface area contributed by atoms with Crippen molar-refractivity contribution in [3.8, 4) is 0 Å². The van der Waals surface area contributed by atoms with Gasteiger partial charge in [-0.05, 0) is 49.9 Å². The maximum atomic E-state index is 12.8. The van der Waals surface area contributed by atoms with Gasteiger partial charge in [0, 0.05) is 7.05 Å². The second kappa shape index (κ2) is 7.11. The molecule has 2 amide bonds. The van der Waals surface area contributed by atoms with Crippen LogP contribution in [0.1, 0.15) is 37.4 Å². The van der Waals surface area contributed by atoms with Crippen LogP contribution in [0.5, 0.6) is 0 Å². The minimum atomic E-state index is -3.48. The Labute approximate surface area is 154 Å². The summed E-state index contributed by atoms with van der Waals surface area (Å²) in [6.45, 7) is 3.27. The van der Waals surface area contributed by atoms with Crippen LogP contribution in [-0.4, -0.2) is 31.6 Å². The lowest BCUT2D eigenvalue weighted by Gasteiger charge is -2.26. The van der Waals surface area contributed by atoms with Crippen molar-refractivity contribution in [2.75, 3.05) is 12.4 Å². The zero-order valence-corrected chi connectivity index (χ0v) is 16.1. The van der Waals surface area contributed by atoms with Gasteiger partial charge in [-0.25, -0.2) is 13.2 Å². The largest absolute Gasteiger partial charge is 0.322 e. The van der Waals surface area contributed by atoms with Gasteiger partial charge >= 0.3 is 6.03 Å². The second-order valence-corrected chi connectivity index (χ2v) is 9.36. The number of hydrogen-bond donors (Lipinski definition) is 1. The monoisotopic (exact) mass is 372 g/mol.